The number of rotatable bonds is 4. The average molecular weight is 386 g/mol. The van der Waals surface area contributed by atoms with Gasteiger partial charge in [-0.2, -0.15) is 0 Å². The summed E-state index contributed by atoms with van der Waals surface area (Å²) in [6, 6.07) is 20.1. The second-order valence-corrected chi connectivity index (χ2v) is 8.32. The Hall–Kier alpha value is -2.69. The van der Waals surface area contributed by atoms with Crippen LogP contribution in [0, 0.1) is 12.8 Å². The van der Waals surface area contributed by atoms with Crippen molar-refractivity contribution in [2.45, 2.75) is 32.0 Å². The number of hydrogen-bond donors (Lipinski definition) is 2. The zero-order chi connectivity index (χ0) is 19.8. The van der Waals surface area contributed by atoms with Gasteiger partial charge < -0.3 is 10.4 Å². The number of nitrogens with one attached hydrogen (secondary N) is 1. The van der Waals surface area contributed by atoms with Crippen molar-refractivity contribution in [1.82, 2.24) is 9.88 Å². The number of nitrogens with zero attached hydrogens (tertiary/aromatic N) is 2. The van der Waals surface area contributed by atoms with Gasteiger partial charge in [0.05, 0.1) is 12.6 Å². The first-order chi connectivity index (χ1) is 14.2. The van der Waals surface area contributed by atoms with Crippen LogP contribution in [-0.2, 0) is 6.54 Å². The van der Waals surface area contributed by atoms with E-state index in [0.29, 0.717) is 12.0 Å². The molecule has 148 valence electrons. The number of anilines is 1. The van der Waals surface area contributed by atoms with E-state index in [0.717, 1.165) is 25.2 Å². The largest absolute Gasteiger partial charge is 0.394 e. The van der Waals surface area contributed by atoms with E-state index in [-0.39, 0.29) is 12.6 Å². The number of fused-ring (bicyclic) bond motifs is 3. The van der Waals surface area contributed by atoms with E-state index in [1.807, 2.05) is 12.4 Å². The van der Waals surface area contributed by atoms with E-state index >= 15 is 0 Å². The van der Waals surface area contributed by atoms with Gasteiger partial charge in [0.2, 0.25) is 0 Å². The Morgan fingerprint density at radius 2 is 1.79 bits per heavy atom. The van der Waals surface area contributed by atoms with E-state index in [4.69, 9.17) is 0 Å². The van der Waals surface area contributed by atoms with Gasteiger partial charge in [-0.25, -0.2) is 0 Å². The average Bonchev–Trinajstić information content (AvgIpc) is 3.18. The van der Waals surface area contributed by atoms with E-state index in [9.17, 15) is 5.11 Å². The maximum atomic E-state index is 10.0. The van der Waals surface area contributed by atoms with Crippen molar-refractivity contribution in [1.29, 1.82) is 0 Å². The van der Waals surface area contributed by atoms with Gasteiger partial charge in [0, 0.05) is 36.6 Å². The van der Waals surface area contributed by atoms with E-state index in [1.54, 1.807) is 0 Å². The topological polar surface area (TPSA) is 48.4 Å². The Bertz CT molecular complexity index is 987. The molecule has 2 aliphatic rings. The van der Waals surface area contributed by atoms with Crippen LogP contribution < -0.4 is 5.32 Å². The minimum atomic E-state index is 0.111. The molecule has 0 unspecified atom stereocenters. The van der Waals surface area contributed by atoms with Gasteiger partial charge in [-0.15, -0.1) is 0 Å². The number of pyridine rings is 1. The Kier molecular flexibility index (Phi) is 4.82. The predicted octanol–water partition coefficient (Wildman–Crippen LogP) is 4.41. The minimum Gasteiger partial charge on any atom is -0.394 e. The monoisotopic (exact) mass is 385 g/mol. The number of aromatic nitrogens is 1. The molecular weight excluding hydrogens is 358 g/mol. The molecule has 3 atom stereocenters. The SMILES string of the molecule is Cc1ccc(-c2ccc3c(c2)[C@@H]2[C@@H](CCN2Cc2ccncc2)[C@H](CO)N3)cc1. The molecule has 1 aromatic heterocycles. The number of benzene rings is 2. The Morgan fingerprint density at radius 3 is 2.55 bits per heavy atom. The second-order valence-electron chi connectivity index (χ2n) is 8.32. The van der Waals surface area contributed by atoms with Crippen LogP contribution in [0.15, 0.2) is 67.0 Å². The molecule has 2 aliphatic heterocycles. The summed E-state index contributed by atoms with van der Waals surface area (Å²) in [6.07, 6.45) is 4.83. The summed E-state index contributed by atoms with van der Waals surface area (Å²) < 4.78 is 0. The van der Waals surface area contributed by atoms with Crippen molar-refractivity contribution in [3.63, 3.8) is 0 Å². The van der Waals surface area contributed by atoms with Crippen LogP contribution in [0.4, 0.5) is 5.69 Å². The number of aryl methyl sites for hydroxylation is 1. The maximum absolute atomic E-state index is 10.0. The third-order valence-corrected chi connectivity index (χ3v) is 6.49. The fourth-order valence-electron chi connectivity index (χ4n) is 4.98. The summed E-state index contributed by atoms with van der Waals surface area (Å²) in [6.45, 7) is 4.25. The molecular formula is C25H27N3O. The zero-order valence-electron chi connectivity index (χ0n) is 16.8. The molecule has 0 bridgehead atoms. The van der Waals surface area contributed by atoms with Gasteiger partial charge in [0.15, 0.2) is 0 Å². The van der Waals surface area contributed by atoms with Crippen molar-refractivity contribution in [2.24, 2.45) is 5.92 Å². The molecule has 0 amide bonds. The van der Waals surface area contributed by atoms with Crippen LogP contribution in [0.5, 0.6) is 0 Å². The summed E-state index contributed by atoms with van der Waals surface area (Å²) in [7, 11) is 0. The smallest absolute Gasteiger partial charge is 0.0636 e. The van der Waals surface area contributed by atoms with Crippen LogP contribution in [0.3, 0.4) is 0 Å². The third kappa shape index (κ3) is 3.43. The van der Waals surface area contributed by atoms with Crippen molar-refractivity contribution in [2.75, 3.05) is 18.5 Å². The summed E-state index contributed by atoms with van der Waals surface area (Å²) in [5, 5.41) is 13.6. The molecule has 1 fully saturated rings. The van der Waals surface area contributed by atoms with Gasteiger partial charge in [-0.05, 0) is 66.4 Å². The van der Waals surface area contributed by atoms with Crippen LogP contribution in [-0.4, -0.2) is 34.2 Å². The summed E-state index contributed by atoms with van der Waals surface area (Å²) in [4.78, 5) is 6.72. The van der Waals surface area contributed by atoms with Crippen LogP contribution >= 0.6 is 0 Å². The molecule has 0 saturated carbocycles. The standard InChI is InChI=1S/C25H27N3O/c1-17-2-4-19(5-3-17)20-6-7-23-22(14-20)25-21(24(16-29)27-23)10-13-28(25)15-18-8-11-26-12-9-18/h2-9,11-12,14,21,24-25,27,29H,10,13,15-16H2,1H3/t21-,24-,25-/m0/s1. The highest BCUT2D eigenvalue weighted by Crippen LogP contribution is 2.47. The molecule has 2 aromatic carbocycles. The summed E-state index contributed by atoms with van der Waals surface area (Å²) in [5.74, 6) is 0.419. The molecule has 0 radical (unpaired) electrons. The lowest BCUT2D eigenvalue weighted by Gasteiger charge is -2.39. The number of aliphatic hydroxyl groups is 1. The molecule has 29 heavy (non-hydrogen) atoms. The van der Waals surface area contributed by atoms with Crippen molar-refractivity contribution >= 4 is 5.69 Å². The fourth-order valence-corrected chi connectivity index (χ4v) is 4.98. The maximum Gasteiger partial charge on any atom is 0.0636 e. The first kappa shape index (κ1) is 18.3. The van der Waals surface area contributed by atoms with Gasteiger partial charge in [-0.3, -0.25) is 9.88 Å². The van der Waals surface area contributed by atoms with Crippen LogP contribution in [0.1, 0.15) is 29.2 Å². The van der Waals surface area contributed by atoms with E-state index < -0.39 is 0 Å². The van der Waals surface area contributed by atoms with Crippen LogP contribution in [0.25, 0.3) is 11.1 Å². The highest BCUT2D eigenvalue weighted by atomic mass is 16.3. The molecule has 0 aliphatic carbocycles. The second kappa shape index (κ2) is 7.62. The number of hydrogen-bond acceptors (Lipinski definition) is 4. The molecule has 0 spiro atoms. The van der Waals surface area contributed by atoms with Gasteiger partial charge in [0.25, 0.3) is 0 Å². The highest BCUT2D eigenvalue weighted by Gasteiger charge is 2.43. The molecule has 1 saturated heterocycles. The van der Waals surface area contributed by atoms with Crippen molar-refractivity contribution < 1.29 is 5.11 Å². The normalized spacial score (nSPS) is 23.3. The Morgan fingerprint density at radius 1 is 1.03 bits per heavy atom. The quantitative estimate of drug-likeness (QED) is 0.699. The first-order valence-electron chi connectivity index (χ1n) is 10.4. The molecule has 4 heteroatoms. The lowest BCUT2D eigenvalue weighted by Crippen LogP contribution is -2.41. The third-order valence-electron chi connectivity index (χ3n) is 6.49. The van der Waals surface area contributed by atoms with E-state index in [1.165, 1.54) is 27.8 Å². The Balaban J connectivity index is 1.53. The first-order valence-corrected chi connectivity index (χ1v) is 10.4. The number of aliphatic hydroxyl groups excluding tert-OH is 1. The molecule has 5 rings (SSSR count). The highest BCUT2D eigenvalue weighted by molar-refractivity contribution is 5.70. The van der Waals surface area contributed by atoms with E-state index in [2.05, 4.69) is 76.7 Å². The summed E-state index contributed by atoms with van der Waals surface area (Å²) >= 11 is 0. The molecule has 2 N–H and O–H groups in total. The Labute approximate surface area is 172 Å². The number of likely N-dealkylation sites (tertiary alicyclic amines) is 1. The van der Waals surface area contributed by atoms with Gasteiger partial charge >= 0.3 is 0 Å². The van der Waals surface area contributed by atoms with Crippen molar-refractivity contribution in [3.8, 4) is 11.1 Å². The van der Waals surface area contributed by atoms with Gasteiger partial charge in [-0.1, -0.05) is 35.9 Å². The minimum absolute atomic E-state index is 0.111. The van der Waals surface area contributed by atoms with Crippen molar-refractivity contribution in [3.05, 3.63) is 83.7 Å². The fraction of sp³-hybridized carbons (Fsp3) is 0.320. The molecule has 3 aromatic rings. The zero-order valence-corrected chi connectivity index (χ0v) is 16.8. The lowest BCUT2D eigenvalue weighted by atomic mass is 9.82. The molecule has 3 heterocycles. The molecule has 4 nitrogen and oxygen atoms in total. The van der Waals surface area contributed by atoms with Crippen LogP contribution in [0.2, 0.25) is 0 Å². The summed E-state index contributed by atoms with van der Waals surface area (Å²) in [5.41, 5.74) is 7.57. The van der Waals surface area contributed by atoms with Gasteiger partial charge in [0.1, 0.15) is 0 Å². The lowest BCUT2D eigenvalue weighted by molar-refractivity contribution is 0.172. The predicted molar refractivity (Wildman–Crippen MR) is 117 cm³/mol.